The maximum atomic E-state index is 10.7. The molecule has 0 aliphatic carbocycles. The number of carbonyl (C=O) groups is 1. The van der Waals surface area contributed by atoms with E-state index in [4.69, 9.17) is 0 Å². The van der Waals surface area contributed by atoms with Gasteiger partial charge in [-0.3, -0.25) is 9.80 Å². The van der Waals surface area contributed by atoms with Crippen LogP contribution in [-0.2, 0) is 4.79 Å². The number of fused-ring (bicyclic) bond motifs is 1. The van der Waals surface area contributed by atoms with Gasteiger partial charge in [-0.25, -0.2) is 0 Å². The van der Waals surface area contributed by atoms with E-state index in [1.54, 1.807) is 5.01 Å². The number of hydrazine groups is 1. The molecular weight excluding hydrogens is 104 g/mol. The predicted molar refractivity (Wildman–Crippen MR) is 27.6 cm³/mol. The molecule has 1 amide bonds. The average Bonchev–Trinajstić information content (AvgIpc) is 2.13. The van der Waals surface area contributed by atoms with Crippen molar-refractivity contribution in [3.05, 3.63) is 0 Å². The highest BCUT2D eigenvalue weighted by molar-refractivity contribution is 5.80. The second-order valence-electron chi connectivity index (χ2n) is 2.28. The van der Waals surface area contributed by atoms with Crippen LogP contribution in [-0.4, -0.2) is 28.6 Å². The molecule has 0 aromatic carbocycles. The maximum Gasteiger partial charge on any atom is 0.239 e. The first-order valence-electron chi connectivity index (χ1n) is 2.89. The number of carbonyl (C=O) groups excluding carboxylic acids is 1. The summed E-state index contributed by atoms with van der Waals surface area (Å²) >= 11 is 0. The van der Waals surface area contributed by atoms with E-state index in [1.165, 1.54) is 0 Å². The molecule has 2 fully saturated rings. The summed E-state index contributed by atoms with van der Waals surface area (Å²) in [5, 5.41) is 3.88. The molecule has 2 aliphatic rings. The molecule has 0 spiro atoms. The molecule has 3 nitrogen and oxygen atoms in total. The highest BCUT2D eigenvalue weighted by Gasteiger charge is 2.49. The monoisotopic (exact) mass is 112 g/mol. The standard InChI is InChI=1S/C5H8N2O/c1-4-6-3-2-5(8)7(4)6/h4H,2-3H2,1H3. The molecule has 2 rings (SSSR count). The van der Waals surface area contributed by atoms with E-state index in [1.807, 2.05) is 6.92 Å². The van der Waals surface area contributed by atoms with Gasteiger partial charge in [-0.1, -0.05) is 0 Å². The van der Waals surface area contributed by atoms with Crippen LogP contribution >= 0.6 is 0 Å². The van der Waals surface area contributed by atoms with Crippen molar-refractivity contribution in [2.75, 3.05) is 6.54 Å². The summed E-state index contributed by atoms with van der Waals surface area (Å²) < 4.78 is 0. The Kier molecular flexibility index (Phi) is 0.568. The van der Waals surface area contributed by atoms with E-state index < -0.39 is 0 Å². The van der Waals surface area contributed by atoms with Crippen molar-refractivity contribution in [2.24, 2.45) is 0 Å². The lowest BCUT2D eigenvalue weighted by Gasteiger charge is -1.87. The van der Waals surface area contributed by atoms with Gasteiger partial charge < -0.3 is 0 Å². The molecule has 3 heteroatoms. The molecule has 0 aromatic rings. The molecule has 0 N–H and O–H groups in total. The van der Waals surface area contributed by atoms with Crippen molar-refractivity contribution in [1.29, 1.82) is 0 Å². The summed E-state index contributed by atoms with van der Waals surface area (Å²) in [6.45, 7) is 2.98. The molecule has 2 saturated heterocycles. The third-order valence-electron chi connectivity index (χ3n) is 1.82. The van der Waals surface area contributed by atoms with E-state index in [0.29, 0.717) is 6.17 Å². The first-order chi connectivity index (χ1) is 3.80. The number of hydrogen-bond acceptors (Lipinski definition) is 2. The molecule has 2 heterocycles. The molecule has 2 atom stereocenters. The Bertz CT molecular complexity index is 145. The van der Waals surface area contributed by atoms with Crippen LogP contribution in [0.15, 0.2) is 0 Å². The van der Waals surface area contributed by atoms with E-state index in [2.05, 4.69) is 5.01 Å². The van der Waals surface area contributed by atoms with Crippen LogP contribution in [0.1, 0.15) is 13.3 Å². The Hall–Kier alpha value is -0.570. The van der Waals surface area contributed by atoms with Gasteiger partial charge in [-0.05, 0) is 6.92 Å². The van der Waals surface area contributed by atoms with Gasteiger partial charge in [-0.15, -0.1) is 0 Å². The molecule has 8 heavy (non-hydrogen) atoms. The zero-order chi connectivity index (χ0) is 5.72. The number of hydrogen-bond donors (Lipinski definition) is 0. The Labute approximate surface area is 47.8 Å². The summed E-state index contributed by atoms with van der Waals surface area (Å²) in [4.78, 5) is 10.7. The SMILES string of the molecule is CC1N2CCC(=O)N12. The minimum absolute atomic E-state index is 0.289. The van der Waals surface area contributed by atoms with E-state index in [-0.39, 0.29) is 5.91 Å². The molecule has 44 valence electrons. The van der Waals surface area contributed by atoms with E-state index in [9.17, 15) is 4.79 Å². The Morgan fingerprint density at radius 2 is 2.50 bits per heavy atom. The summed E-state index contributed by atoms with van der Waals surface area (Å²) in [6.07, 6.45) is 1.14. The third-order valence-corrected chi connectivity index (χ3v) is 1.82. The van der Waals surface area contributed by atoms with Crippen LogP contribution in [0.2, 0.25) is 0 Å². The normalized spacial score (nSPS) is 42.6. The van der Waals surface area contributed by atoms with E-state index in [0.717, 1.165) is 13.0 Å². The van der Waals surface area contributed by atoms with Crippen LogP contribution < -0.4 is 0 Å². The van der Waals surface area contributed by atoms with Gasteiger partial charge in [0.15, 0.2) is 0 Å². The quantitative estimate of drug-likeness (QED) is 0.405. The predicted octanol–water partition coefficient (Wildman–Crippen LogP) is -0.205. The van der Waals surface area contributed by atoms with Crippen molar-refractivity contribution in [2.45, 2.75) is 19.5 Å². The van der Waals surface area contributed by atoms with Crippen molar-refractivity contribution < 1.29 is 4.79 Å². The topological polar surface area (TPSA) is 23.1 Å². The fourth-order valence-electron chi connectivity index (χ4n) is 1.28. The Balaban J connectivity index is 2.18. The van der Waals surface area contributed by atoms with Crippen LogP contribution in [0, 0.1) is 0 Å². The summed E-state index contributed by atoms with van der Waals surface area (Å²) in [7, 11) is 0. The molecular formula is C5H8N2O. The zero-order valence-corrected chi connectivity index (χ0v) is 4.79. The Morgan fingerprint density at radius 3 is 2.75 bits per heavy atom. The van der Waals surface area contributed by atoms with Gasteiger partial charge in [0.1, 0.15) is 6.17 Å². The minimum atomic E-state index is 0.289. The summed E-state index contributed by atoms with van der Waals surface area (Å²) in [6, 6.07) is 0. The van der Waals surface area contributed by atoms with Crippen LogP contribution in [0.3, 0.4) is 0 Å². The molecule has 2 unspecified atom stereocenters. The van der Waals surface area contributed by atoms with E-state index >= 15 is 0 Å². The zero-order valence-electron chi connectivity index (χ0n) is 4.79. The van der Waals surface area contributed by atoms with Gasteiger partial charge in [0.05, 0.1) is 0 Å². The highest BCUT2D eigenvalue weighted by atomic mass is 16.2. The molecule has 0 bridgehead atoms. The van der Waals surface area contributed by atoms with Gasteiger partial charge in [0, 0.05) is 13.0 Å². The molecule has 0 saturated carbocycles. The lowest BCUT2D eigenvalue weighted by molar-refractivity contribution is -0.125. The molecule has 0 aromatic heterocycles. The van der Waals surface area contributed by atoms with Crippen molar-refractivity contribution >= 4 is 5.91 Å². The van der Waals surface area contributed by atoms with Gasteiger partial charge in [0.2, 0.25) is 5.91 Å². The largest absolute Gasteiger partial charge is 0.273 e. The first kappa shape index (κ1) is 4.32. The lowest BCUT2D eigenvalue weighted by Crippen LogP contribution is -2.08. The molecule has 0 radical (unpaired) electrons. The van der Waals surface area contributed by atoms with Gasteiger partial charge >= 0.3 is 0 Å². The van der Waals surface area contributed by atoms with Crippen LogP contribution in [0.25, 0.3) is 0 Å². The number of rotatable bonds is 0. The van der Waals surface area contributed by atoms with Crippen molar-refractivity contribution in [3.63, 3.8) is 0 Å². The summed E-state index contributed by atoms with van der Waals surface area (Å²) in [5.74, 6) is 0.289. The summed E-state index contributed by atoms with van der Waals surface area (Å²) in [5.41, 5.74) is 0. The second-order valence-corrected chi connectivity index (χ2v) is 2.28. The second kappa shape index (κ2) is 1.05. The first-order valence-corrected chi connectivity index (χ1v) is 2.89. The number of amides is 1. The minimum Gasteiger partial charge on any atom is -0.273 e. The highest BCUT2D eigenvalue weighted by Crippen LogP contribution is 2.31. The van der Waals surface area contributed by atoms with Crippen molar-refractivity contribution in [1.82, 2.24) is 10.0 Å². The van der Waals surface area contributed by atoms with Gasteiger partial charge in [0.25, 0.3) is 0 Å². The van der Waals surface area contributed by atoms with Crippen molar-refractivity contribution in [3.8, 4) is 0 Å². The fraction of sp³-hybridized carbons (Fsp3) is 0.800. The Morgan fingerprint density at radius 1 is 1.75 bits per heavy atom. The average molecular weight is 112 g/mol. The van der Waals surface area contributed by atoms with Crippen LogP contribution in [0.4, 0.5) is 0 Å². The van der Waals surface area contributed by atoms with Gasteiger partial charge in [-0.2, -0.15) is 5.01 Å². The fourth-order valence-corrected chi connectivity index (χ4v) is 1.28. The number of nitrogens with zero attached hydrogens (tertiary/aromatic N) is 2. The lowest BCUT2D eigenvalue weighted by atomic mass is 10.4. The van der Waals surface area contributed by atoms with Crippen LogP contribution in [0.5, 0.6) is 0 Å². The maximum absolute atomic E-state index is 10.7. The smallest absolute Gasteiger partial charge is 0.239 e. The molecule has 2 aliphatic heterocycles. The third kappa shape index (κ3) is 0.314.